The molecular formula is C47H31N5OS. The van der Waals surface area contributed by atoms with Gasteiger partial charge in [-0.25, -0.2) is 19.9 Å². The minimum atomic E-state index is 0.585. The third-order valence-electron chi connectivity index (χ3n) is 9.80. The number of rotatable bonds is 7. The molecule has 4 heterocycles. The first kappa shape index (κ1) is 31.7. The molecule has 0 aliphatic heterocycles. The summed E-state index contributed by atoms with van der Waals surface area (Å²) < 4.78 is 10.8. The molecule has 0 aliphatic rings. The van der Waals surface area contributed by atoms with E-state index in [0.29, 0.717) is 23.4 Å². The topological polar surface area (TPSA) is 69.6 Å². The molecule has 54 heavy (non-hydrogen) atoms. The normalized spacial score (nSPS) is 11.8. The Morgan fingerprint density at radius 1 is 0.630 bits per heavy atom. The van der Waals surface area contributed by atoms with Crippen LogP contribution in [0.25, 0.3) is 106 Å². The molecule has 0 aliphatic carbocycles. The molecule has 0 amide bonds. The number of hydrogen-bond acceptors (Lipinski definition) is 6. The first-order valence-corrected chi connectivity index (χ1v) is 18.6. The number of fused-ring (bicyclic) bond motifs is 5. The molecule has 0 radical (unpaired) electrons. The van der Waals surface area contributed by atoms with E-state index in [4.69, 9.17) is 24.4 Å². The molecule has 0 bridgehead atoms. The van der Waals surface area contributed by atoms with Crippen LogP contribution in [0.3, 0.4) is 0 Å². The lowest BCUT2D eigenvalue weighted by Crippen LogP contribution is -2.02. The summed E-state index contributed by atoms with van der Waals surface area (Å²) in [6, 6.07) is 47.5. The Bertz CT molecular complexity index is 3060. The SMILES string of the molecule is C=Cc1c(/C=C\C)c2ccccc2n1-c1cccc(-c2nc(-c3ccccc3)nc(-c3cccc4sc5cccc(-c6nc7ccccc7o6)c5c34)n2)c1. The Kier molecular flexibility index (Phi) is 7.59. The minimum absolute atomic E-state index is 0.585. The van der Waals surface area contributed by atoms with Gasteiger partial charge in [-0.05, 0) is 61.5 Å². The highest BCUT2D eigenvalue weighted by Gasteiger charge is 2.21. The standard InChI is InChI=1S/C47H31N5OS/c1-3-15-32-33-20-8-10-24-38(33)52(37(32)4-2)31-19-12-18-30(28-31)45-49-44(29-16-6-5-7-17-29)50-46(51-45)34-21-13-26-40-42(34)43-35(22-14-27-41(43)54-40)47-48-36-23-9-11-25-39(36)53-47/h3-28H,2H2,1H3/b15-3-. The van der Waals surface area contributed by atoms with Crippen LogP contribution in [0.4, 0.5) is 0 Å². The minimum Gasteiger partial charge on any atom is -0.436 e. The van der Waals surface area contributed by atoms with Gasteiger partial charge in [0.15, 0.2) is 23.1 Å². The molecule has 0 saturated heterocycles. The smallest absolute Gasteiger partial charge is 0.227 e. The molecule has 10 rings (SSSR count). The van der Waals surface area contributed by atoms with E-state index in [1.54, 1.807) is 11.3 Å². The zero-order valence-corrected chi connectivity index (χ0v) is 30.1. The summed E-state index contributed by atoms with van der Waals surface area (Å²) in [7, 11) is 0. The van der Waals surface area contributed by atoms with E-state index in [-0.39, 0.29) is 0 Å². The van der Waals surface area contributed by atoms with Crippen molar-refractivity contribution in [3.8, 4) is 51.3 Å². The summed E-state index contributed by atoms with van der Waals surface area (Å²) in [6.45, 7) is 6.25. The van der Waals surface area contributed by atoms with Gasteiger partial charge in [-0.2, -0.15) is 0 Å². The summed E-state index contributed by atoms with van der Waals surface area (Å²) >= 11 is 1.74. The first-order chi connectivity index (χ1) is 26.7. The summed E-state index contributed by atoms with van der Waals surface area (Å²) in [5.41, 5.74) is 9.48. The summed E-state index contributed by atoms with van der Waals surface area (Å²) in [6.07, 6.45) is 6.15. The average molecular weight is 714 g/mol. The number of allylic oxidation sites excluding steroid dienone is 1. The second kappa shape index (κ2) is 12.9. The maximum Gasteiger partial charge on any atom is 0.227 e. The lowest BCUT2D eigenvalue weighted by Gasteiger charge is -2.13. The lowest BCUT2D eigenvalue weighted by atomic mass is 10.0. The maximum atomic E-state index is 6.33. The van der Waals surface area contributed by atoms with Crippen LogP contribution in [0.2, 0.25) is 0 Å². The van der Waals surface area contributed by atoms with Crippen LogP contribution in [0.5, 0.6) is 0 Å². The Morgan fingerprint density at radius 3 is 2.09 bits per heavy atom. The van der Waals surface area contributed by atoms with Gasteiger partial charge >= 0.3 is 0 Å². The van der Waals surface area contributed by atoms with Gasteiger partial charge in [0.25, 0.3) is 0 Å². The fourth-order valence-corrected chi connectivity index (χ4v) is 8.61. The number of benzene rings is 6. The van der Waals surface area contributed by atoms with Crippen molar-refractivity contribution in [1.82, 2.24) is 24.5 Å². The molecule has 0 saturated carbocycles. The zero-order valence-electron chi connectivity index (χ0n) is 29.3. The predicted octanol–water partition coefficient (Wildman–Crippen LogP) is 12.7. The molecule has 7 heteroatoms. The van der Waals surface area contributed by atoms with Crippen molar-refractivity contribution in [3.63, 3.8) is 0 Å². The third kappa shape index (κ3) is 5.17. The van der Waals surface area contributed by atoms with Gasteiger partial charge in [0.1, 0.15) is 5.52 Å². The second-order valence-electron chi connectivity index (χ2n) is 13.0. The van der Waals surface area contributed by atoms with Crippen molar-refractivity contribution < 1.29 is 4.42 Å². The molecule has 0 fully saturated rings. The molecule has 256 valence electrons. The zero-order chi connectivity index (χ0) is 36.2. The van der Waals surface area contributed by atoms with Crippen LogP contribution in [-0.4, -0.2) is 24.5 Å². The molecule has 6 nitrogen and oxygen atoms in total. The molecule has 4 aromatic heterocycles. The van der Waals surface area contributed by atoms with Gasteiger partial charge in [-0.3, -0.25) is 0 Å². The second-order valence-corrected chi connectivity index (χ2v) is 14.1. The Morgan fingerprint density at radius 2 is 1.30 bits per heavy atom. The molecule has 0 unspecified atom stereocenters. The summed E-state index contributed by atoms with van der Waals surface area (Å²) in [4.78, 5) is 20.4. The molecule has 0 spiro atoms. The van der Waals surface area contributed by atoms with Crippen LogP contribution < -0.4 is 0 Å². The molecular weight excluding hydrogens is 683 g/mol. The Balaban J connectivity index is 1.20. The fraction of sp³-hybridized carbons (Fsp3) is 0.0213. The Hall–Kier alpha value is -6.96. The lowest BCUT2D eigenvalue weighted by molar-refractivity contribution is 0.620. The Labute approximate surface area is 315 Å². The van der Waals surface area contributed by atoms with E-state index >= 15 is 0 Å². The van der Waals surface area contributed by atoms with Crippen molar-refractivity contribution in [3.05, 3.63) is 163 Å². The molecule has 6 aromatic carbocycles. The van der Waals surface area contributed by atoms with Gasteiger partial charge in [0.05, 0.1) is 11.2 Å². The maximum absolute atomic E-state index is 6.33. The van der Waals surface area contributed by atoms with Gasteiger partial charge in [0, 0.05) is 59.1 Å². The van der Waals surface area contributed by atoms with E-state index in [2.05, 4.69) is 108 Å². The van der Waals surface area contributed by atoms with E-state index in [1.807, 2.05) is 67.6 Å². The van der Waals surface area contributed by atoms with Crippen LogP contribution in [0, 0.1) is 0 Å². The van der Waals surface area contributed by atoms with Crippen LogP contribution in [0.1, 0.15) is 18.2 Å². The summed E-state index contributed by atoms with van der Waals surface area (Å²) in [5, 5.41) is 3.29. The quantitative estimate of drug-likeness (QED) is 0.164. The van der Waals surface area contributed by atoms with Gasteiger partial charge in [0.2, 0.25) is 5.89 Å². The van der Waals surface area contributed by atoms with Crippen molar-refractivity contribution in [2.45, 2.75) is 6.92 Å². The number of thiophene rings is 1. The molecule has 0 atom stereocenters. The fourth-order valence-electron chi connectivity index (χ4n) is 7.45. The largest absolute Gasteiger partial charge is 0.436 e. The number of oxazole rings is 1. The number of aromatic nitrogens is 5. The van der Waals surface area contributed by atoms with Crippen molar-refractivity contribution >= 4 is 65.7 Å². The number of hydrogen-bond donors (Lipinski definition) is 0. The average Bonchev–Trinajstić information content (AvgIpc) is 3.93. The van der Waals surface area contributed by atoms with E-state index in [0.717, 1.165) is 81.4 Å². The third-order valence-corrected chi connectivity index (χ3v) is 10.9. The molecule has 0 N–H and O–H groups in total. The van der Waals surface area contributed by atoms with Crippen molar-refractivity contribution in [2.75, 3.05) is 0 Å². The highest BCUT2D eigenvalue weighted by Crippen LogP contribution is 2.44. The molecule has 10 aromatic rings. The summed E-state index contributed by atoms with van der Waals surface area (Å²) in [5.74, 6) is 2.37. The number of nitrogens with zero attached hydrogens (tertiary/aromatic N) is 5. The van der Waals surface area contributed by atoms with Gasteiger partial charge in [-0.15, -0.1) is 11.3 Å². The highest BCUT2D eigenvalue weighted by molar-refractivity contribution is 7.26. The van der Waals surface area contributed by atoms with E-state index in [1.165, 1.54) is 0 Å². The van der Waals surface area contributed by atoms with Gasteiger partial charge < -0.3 is 8.98 Å². The van der Waals surface area contributed by atoms with Crippen LogP contribution in [-0.2, 0) is 0 Å². The van der Waals surface area contributed by atoms with Crippen LogP contribution in [0.15, 0.2) is 157 Å². The number of para-hydroxylation sites is 3. The van der Waals surface area contributed by atoms with Gasteiger partial charge in [-0.1, -0.05) is 110 Å². The van der Waals surface area contributed by atoms with E-state index in [9.17, 15) is 0 Å². The van der Waals surface area contributed by atoms with Crippen molar-refractivity contribution in [2.24, 2.45) is 0 Å². The monoisotopic (exact) mass is 713 g/mol. The van der Waals surface area contributed by atoms with E-state index < -0.39 is 0 Å². The first-order valence-electron chi connectivity index (χ1n) is 17.8. The van der Waals surface area contributed by atoms with Crippen molar-refractivity contribution in [1.29, 1.82) is 0 Å². The highest BCUT2D eigenvalue weighted by atomic mass is 32.1. The predicted molar refractivity (Wildman–Crippen MR) is 224 cm³/mol. The van der Waals surface area contributed by atoms with Crippen LogP contribution >= 0.6 is 11.3 Å².